The molecular formula is C18H14F2I2O5. The molecule has 2 aromatic carbocycles. The Balaban J connectivity index is 2.12. The summed E-state index contributed by atoms with van der Waals surface area (Å²) < 4.78 is 36.7. The summed E-state index contributed by atoms with van der Waals surface area (Å²) in [5.41, 5.74) is 0.423. The second kappa shape index (κ2) is 9.13. The Kier molecular flexibility index (Phi) is 7.37. The van der Waals surface area contributed by atoms with Crippen LogP contribution >= 0.6 is 45.2 Å². The Morgan fingerprint density at radius 1 is 1.04 bits per heavy atom. The molecular weight excluding hydrogens is 588 g/mol. The number of hydrogen-bond acceptors (Lipinski definition) is 5. The molecule has 27 heavy (non-hydrogen) atoms. The fourth-order valence-corrected chi connectivity index (χ4v) is 3.93. The smallest absolute Gasteiger partial charge is 0.339 e. The van der Waals surface area contributed by atoms with Gasteiger partial charge in [0.15, 0.2) is 6.61 Å². The van der Waals surface area contributed by atoms with Gasteiger partial charge >= 0.3 is 11.9 Å². The van der Waals surface area contributed by atoms with E-state index in [1.165, 1.54) is 24.3 Å². The van der Waals surface area contributed by atoms with Crippen LogP contribution in [0.4, 0.5) is 8.78 Å². The van der Waals surface area contributed by atoms with E-state index in [9.17, 15) is 23.5 Å². The maximum absolute atomic E-state index is 12.9. The molecule has 1 N–H and O–H groups in total. The molecule has 0 spiro atoms. The van der Waals surface area contributed by atoms with Crippen molar-refractivity contribution in [1.29, 1.82) is 0 Å². The molecule has 0 aliphatic heterocycles. The second-order valence-corrected chi connectivity index (χ2v) is 8.00. The quantitative estimate of drug-likeness (QED) is 0.382. The second-order valence-electron chi connectivity index (χ2n) is 5.68. The van der Waals surface area contributed by atoms with E-state index >= 15 is 0 Å². The van der Waals surface area contributed by atoms with Crippen molar-refractivity contribution >= 4 is 57.1 Å². The van der Waals surface area contributed by atoms with Crippen molar-refractivity contribution in [3.8, 4) is 5.75 Å². The van der Waals surface area contributed by atoms with E-state index in [0.29, 0.717) is 19.6 Å². The van der Waals surface area contributed by atoms with E-state index in [1.807, 2.05) is 45.2 Å². The maximum atomic E-state index is 12.9. The van der Waals surface area contributed by atoms with Gasteiger partial charge in [0.1, 0.15) is 12.4 Å². The van der Waals surface area contributed by atoms with Gasteiger partial charge in [-0.1, -0.05) is 12.1 Å². The molecule has 144 valence electrons. The first kappa shape index (κ1) is 21.8. The largest absolute Gasteiger partial charge is 0.506 e. The number of esters is 2. The summed E-state index contributed by atoms with van der Waals surface area (Å²) in [6, 6.07) is 8.99. The summed E-state index contributed by atoms with van der Waals surface area (Å²) in [4.78, 5) is 24.4. The van der Waals surface area contributed by atoms with E-state index < -0.39 is 24.5 Å². The summed E-state index contributed by atoms with van der Waals surface area (Å²) in [6.07, 6.45) is 0. The summed E-state index contributed by atoms with van der Waals surface area (Å²) in [6.45, 7) is -0.540. The zero-order valence-electron chi connectivity index (χ0n) is 14.0. The van der Waals surface area contributed by atoms with Crippen molar-refractivity contribution in [3.05, 3.63) is 60.2 Å². The Bertz CT molecular complexity index is 842. The van der Waals surface area contributed by atoms with E-state index in [-0.39, 0.29) is 23.5 Å². The predicted molar refractivity (Wildman–Crippen MR) is 110 cm³/mol. The van der Waals surface area contributed by atoms with E-state index in [1.54, 1.807) is 12.1 Å². The van der Waals surface area contributed by atoms with Gasteiger partial charge < -0.3 is 14.6 Å². The number of carbonyl (C=O) groups is 2. The molecule has 5 nitrogen and oxygen atoms in total. The fourth-order valence-electron chi connectivity index (χ4n) is 2.04. The first-order chi connectivity index (χ1) is 12.6. The van der Waals surface area contributed by atoms with Crippen molar-refractivity contribution in [3.63, 3.8) is 0 Å². The number of aromatic hydroxyl groups is 1. The van der Waals surface area contributed by atoms with Gasteiger partial charge in [-0.2, -0.15) is 0 Å². The van der Waals surface area contributed by atoms with Crippen LogP contribution in [0.3, 0.4) is 0 Å². The number of benzene rings is 2. The maximum Gasteiger partial charge on any atom is 0.339 e. The molecule has 0 aliphatic rings. The highest BCUT2D eigenvalue weighted by Gasteiger charge is 2.26. The Hall–Kier alpha value is -1.50. The molecule has 0 amide bonds. The van der Waals surface area contributed by atoms with Gasteiger partial charge in [0, 0.05) is 6.92 Å². The van der Waals surface area contributed by atoms with E-state index in [0.717, 1.165) is 0 Å². The van der Waals surface area contributed by atoms with Crippen LogP contribution in [0.25, 0.3) is 0 Å². The lowest BCUT2D eigenvalue weighted by atomic mass is 10.1. The minimum absolute atomic E-state index is 0.0786. The van der Waals surface area contributed by atoms with Crippen LogP contribution < -0.4 is 0 Å². The van der Waals surface area contributed by atoms with Gasteiger partial charge in [-0.05, 0) is 75.0 Å². The van der Waals surface area contributed by atoms with Crippen LogP contribution in [0.5, 0.6) is 5.75 Å². The van der Waals surface area contributed by atoms with Crippen molar-refractivity contribution in [2.45, 2.75) is 19.5 Å². The summed E-state index contributed by atoms with van der Waals surface area (Å²) in [5, 5.41) is 9.76. The average molecular weight is 602 g/mol. The van der Waals surface area contributed by atoms with Crippen LogP contribution in [0.15, 0.2) is 36.4 Å². The third kappa shape index (κ3) is 6.26. The van der Waals surface area contributed by atoms with E-state index in [2.05, 4.69) is 4.74 Å². The molecule has 0 bridgehead atoms. The number of hydrogen-bond donors (Lipinski definition) is 1. The number of halogens is 4. The Labute approximate surface area is 181 Å². The number of rotatable bonds is 6. The van der Waals surface area contributed by atoms with E-state index in [4.69, 9.17) is 4.74 Å². The SMILES string of the molecule is CC(F)(F)COC(=O)c1ccccc1C(=O)OCc1cc(I)c(O)c(I)c1. The van der Waals surface area contributed by atoms with Gasteiger partial charge in [-0.15, -0.1) is 0 Å². The summed E-state index contributed by atoms with van der Waals surface area (Å²) in [5.74, 6) is -4.84. The summed E-state index contributed by atoms with van der Waals surface area (Å²) in [7, 11) is 0. The lowest BCUT2D eigenvalue weighted by molar-refractivity contribution is -0.0467. The molecule has 0 saturated heterocycles. The van der Waals surface area contributed by atoms with Gasteiger partial charge in [-0.3, -0.25) is 0 Å². The van der Waals surface area contributed by atoms with Crippen LogP contribution in [-0.2, 0) is 16.1 Å². The number of ether oxygens (including phenoxy) is 2. The highest BCUT2D eigenvalue weighted by molar-refractivity contribution is 14.1. The van der Waals surface area contributed by atoms with Crippen molar-refractivity contribution in [2.75, 3.05) is 6.61 Å². The third-order valence-electron chi connectivity index (χ3n) is 3.27. The molecule has 0 aliphatic carbocycles. The summed E-state index contributed by atoms with van der Waals surface area (Å²) >= 11 is 3.91. The monoisotopic (exact) mass is 602 g/mol. The predicted octanol–water partition coefficient (Wildman–Crippen LogP) is 4.77. The highest BCUT2D eigenvalue weighted by atomic mass is 127. The zero-order valence-corrected chi connectivity index (χ0v) is 18.3. The molecule has 2 aromatic rings. The molecule has 0 fully saturated rings. The zero-order chi connectivity index (χ0) is 20.2. The van der Waals surface area contributed by atoms with Crippen molar-refractivity contribution in [1.82, 2.24) is 0 Å². The standard InChI is InChI=1S/C18H14F2I2O5/c1-18(19,20)9-27-17(25)12-5-3-2-4-11(12)16(24)26-8-10-6-13(21)15(23)14(22)7-10/h2-7,23H,8-9H2,1H3. The van der Waals surface area contributed by atoms with Crippen LogP contribution in [-0.4, -0.2) is 29.6 Å². The first-order valence-electron chi connectivity index (χ1n) is 7.56. The first-order valence-corrected chi connectivity index (χ1v) is 9.72. The lowest BCUT2D eigenvalue weighted by Crippen LogP contribution is -2.23. The molecule has 0 saturated carbocycles. The topological polar surface area (TPSA) is 72.8 Å². The number of alkyl halides is 2. The normalized spacial score (nSPS) is 11.1. The van der Waals surface area contributed by atoms with Crippen LogP contribution in [0.1, 0.15) is 33.2 Å². The third-order valence-corrected chi connectivity index (χ3v) is 4.91. The van der Waals surface area contributed by atoms with Crippen LogP contribution in [0, 0.1) is 7.14 Å². The van der Waals surface area contributed by atoms with Gasteiger partial charge in [0.25, 0.3) is 5.92 Å². The fraction of sp³-hybridized carbons (Fsp3) is 0.222. The van der Waals surface area contributed by atoms with Crippen molar-refractivity contribution < 1.29 is 33.0 Å². The molecule has 2 rings (SSSR count). The Morgan fingerprint density at radius 2 is 1.52 bits per heavy atom. The number of phenolic OH excluding ortho intramolecular Hbond substituents is 1. The highest BCUT2D eigenvalue weighted by Crippen LogP contribution is 2.27. The minimum Gasteiger partial charge on any atom is -0.506 e. The molecule has 0 aromatic heterocycles. The lowest BCUT2D eigenvalue weighted by Gasteiger charge is -2.13. The van der Waals surface area contributed by atoms with Crippen LogP contribution in [0.2, 0.25) is 0 Å². The molecule has 0 unspecified atom stereocenters. The number of phenols is 1. The molecule has 9 heteroatoms. The van der Waals surface area contributed by atoms with Gasteiger partial charge in [0.05, 0.1) is 18.3 Å². The van der Waals surface area contributed by atoms with Gasteiger partial charge in [-0.25, -0.2) is 18.4 Å². The number of carbonyl (C=O) groups excluding carboxylic acids is 2. The average Bonchev–Trinajstić information content (AvgIpc) is 2.61. The molecule has 0 radical (unpaired) electrons. The molecule has 0 atom stereocenters. The minimum atomic E-state index is -3.17. The molecule has 0 heterocycles. The van der Waals surface area contributed by atoms with Gasteiger partial charge in [0.2, 0.25) is 0 Å². The Morgan fingerprint density at radius 3 is 2.00 bits per heavy atom. The van der Waals surface area contributed by atoms with Crippen molar-refractivity contribution in [2.24, 2.45) is 0 Å².